The molecular formula is C20H16F3N5O2S. The Morgan fingerprint density at radius 1 is 1.16 bits per heavy atom. The topological polar surface area (TPSA) is 86.5 Å². The quantitative estimate of drug-likeness (QED) is 0.761. The molecule has 0 saturated carbocycles. The first-order valence-corrected chi connectivity index (χ1v) is 10.2. The molecule has 31 heavy (non-hydrogen) atoms. The monoisotopic (exact) mass is 447 g/mol. The average Bonchev–Trinajstić information content (AvgIpc) is 3.25. The first kappa shape index (κ1) is 20.9. The van der Waals surface area contributed by atoms with Crippen LogP contribution in [0.2, 0.25) is 0 Å². The van der Waals surface area contributed by atoms with Crippen molar-refractivity contribution in [2.45, 2.75) is 19.1 Å². The van der Waals surface area contributed by atoms with Gasteiger partial charge in [-0.05, 0) is 29.5 Å². The molecule has 3 heterocycles. The first-order chi connectivity index (χ1) is 14.8. The molecule has 4 rings (SSSR count). The summed E-state index contributed by atoms with van der Waals surface area (Å²) in [5.41, 5.74) is -0.810. The van der Waals surface area contributed by atoms with Crippen molar-refractivity contribution in [1.29, 1.82) is 0 Å². The third-order valence-electron chi connectivity index (χ3n) is 4.74. The Morgan fingerprint density at radius 3 is 2.71 bits per heavy atom. The molecule has 1 aromatic heterocycles. The molecule has 1 aromatic carbocycles. The minimum absolute atomic E-state index is 0.0245. The fraction of sp³-hybridized carbons (Fsp3) is 0.250. The summed E-state index contributed by atoms with van der Waals surface area (Å²) < 4.78 is 39.3. The van der Waals surface area contributed by atoms with E-state index in [1.807, 2.05) is 17.5 Å². The van der Waals surface area contributed by atoms with Gasteiger partial charge in [0.1, 0.15) is 11.8 Å². The van der Waals surface area contributed by atoms with Crippen molar-refractivity contribution in [3.05, 3.63) is 57.8 Å². The van der Waals surface area contributed by atoms with Gasteiger partial charge in [0, 0.05) is 17.6 Å². The van der Waals surface area contributed by atoms with Crippen LogP contribution in [0.5, 0.6) is 0 Å². The van der Waals surface area contributed by atoms with Gasteiger partial charge in [0.05, 0.1) is 12.1 Å². The van der Waals surface area contributed by atoms with Crippen molar-refractivity contribution in [3.63, 3.8) is 0 Å². The molecule has 0 radical (unpaired) electrons. The number of carbonyl (C=O) groups excluding carboxylic acids is 2. The fourth-order valence-corrected chi connectivity index (χ4v) is 3.90. The maximum absolute atomic E-state index is 13.1. The van der Waals surface area contributed by atoms with Crippen LogP contribution >= 0.6 is 11.3 Å². The highest BCUT2D eigenvalue weighted by molar-refractivity contribution is 7.09. The largest absolute Gasteiger partial charge is 0.416 e. The molecule has 2 aromatic rings. The van der Waals surface area contributed by atoms with Crippen molar-refractivity contribution >= 4 is 41.3 Å². The van der Waals surface area contributed by atoms with E-state index in [1.165, 1.54) is 35.8 Å². The minimum Gasteiger partial charge on any atom is -0.294 e. The number of imide groups is 1. The zero-order chi connectivity index (χ0) is 22.0. The number of aliphatic imine (C=N–C) groups is 3. The van der Waals surface area contributed by atoms with Crippen LogP contribution in [0, 0.1) is 5.92 Å². The first-order valence-electron chi connectivity index (χ1n) is 9.30. The van der Waals surface area contributed by atoms with Gasteiger partial charge in [-0.3, -0.25) is 15.0 Å². The van der Waals surface area contributed by atoms with E-state index >= 15 is 0 Å². The number of alkyl halides is 3. The number of nitrogens with one attached hydrogen (secondary N) is 1. The van der Waals surface area contributed by atoms with E-state index < -0.39 is 29.6 Å². The average molecular weight is 447 g/mol. The van der Waals surface area contributed by atoms with Gasteiger partial charge in [0.2, 0.25) is 11.9 Å². The highest BCUT2D eigenvalue weighted by Crippen LogP contribution is 2.32. The van der Waals surface area contributed by atoms with E-state index in [1.54, 1.807) is 0 Å². The van der Waals surface area contributed by atoms with Crippen LogP contribution in [0.1, 0.15) is 16.0 Å². The lowest BCUT2D eigenvalue weighted by atomic mass is 10.0. The molecule has 1 atom stereocenters. The second-order valence-electron chi connectivity index (χ2n) is 6.77. The number of rotatable bonds is 5. The molecule has 0 spiro atoms. The Hall–Kier alpha value is -3.34. The Kier molecular flexibility index (Phi) is 5.68. The van der Waals surface area contributed by atoms with Crippen molar-refractivity contribution in [1.82, 2.24) is 10.2 Å². The summed E-state index contributed by atoms with van der Waals surface area (Å²) in [5.74, 6) is -1.35. The van der Waals surface area contributed by atoms with Gasteiger partial charge >= 0.3 is 12.2 Å². The van der Waals surface area contributed by atoms with Crippen LogP contribution in [-0.2, 0) is 23.9 Å². The van der Waals surface area contributed by atoms with Crippen LogP contribution in [0.25, 0.3) is 0 Å². The molecule has 2 aliphatic heterocycles. The number of urea groups is 1. The Balaban J connectivity index is 1.47. The van der Waals surface area contributed by atoms with Crippen LogP contribution in [0.4, 0.5) is 18.0 Å². The van der Waals surface area contributed by atoms with Gasteiger partial charge in [0.25, 0.3) is 0 Å². The number of benzene rings is 1. The maximum Gasteiger partial charge on any atom is 0.416 e. The van der Waals surface area contributed by atoms with Crippen LogP contribution in [-0.4, -0.2) is 41.4 Å². The normalized spacial score (nSPS) is 20.0. The second-order valence-corrected chi connectivity index (χ2v) is 7.81. The summed E-state index contributed by atoms with van der Waals surface area (Å²) in [4.78, 5) is 39.3. The summed E-state index contributed by atoms with van der Waals surface area (Å²) in [6.07, 6.45) is -2.66. The molecule has 11 heteroatoms. The van der Waals surface area contributed by atoms with E-state index in [4.69, 9.17) is 0 Å². The molecule has 1 unspecified atom stereocenters. The predicted octanol–water partition coefficient (Wildman–Crippen LogP) is 3.52. The number of fused-ring (bicyclic) bond motifs is 1. The van der Waals surface area contributed by atoms with Crippen molar-refractivity contribution in [2.75, 3.05) is 6.54 Å². The molecule has 2 aliphatic rings. The van der Waals surface area contributed by atoms with Gasteiger partial charge < -0.3 is 0 Å². The number of amidine groups is 1. The standard InChI is InChI=1S/C20H16F3N5O2S/c21-20(22,23)15-6-2-1-4-12(15)10-24-18-25-11-14-16(26-18)27-19(30)28(17(14)29)8-7-13-5-3-9-31-13/h1-6,9,11,14H,7-8,10H2,(H,24,26,27,30). The zero-order valence-corrected chi connectivity index (χ0v) is 16.8. The third-order valence-corrected chi connectivity index (χ3v) is 5.68. The van der Waals surface area contributed by atoms with E-state index in [-0.39, 0.29) is 30.4 Å². The van der Waals surface area contributed by atoms with Crippen molar-refractivity contribution in [2.24, 2.45) is 20.9 Å². The lowest BCUT2D eigenvalue weighted by Crippen LogP contribution is -2.59. The van der Waals surface area contributed by atoms with Gasteiger partial charge in [-0.1, -0.05) is 24.3 Å². The molecule has 0 bridgehead atoms. The number of halogens is 3. The predicted molar refractivity (Wildman–Crippen MR) is 110 cm³/mol. The van der Waals surface area contributed by atoms with E-state index in [2.05, 4.69) is 20.3 Å². The molecule has 7 nitrogen and oxygen atoms in total. The Bertz CT molecular complexity index is 1090. The van der Waals surface area contributed by atoms with Crippen molar-refractivity contribution in [3.8, 4) is 0 Å². The van der Waals surface area contributed by atoms with Gasteiger partial charge in [-0.2, -0.15) is 18.2 Å². The molecule has 3 amide bonds. The third kappa shape index (κ3) is 4.55. The van der Waals surface area contributed by atoms with Gasteiger partial charge in [-0.25, -0.2) is 14.8 Å². The molecule has 160 valence electrons. The molecule has 0 aliphatic carbocycles. The Morgan fingerprint density at radius 2 is 1.97 bits per heavy atom. The van der Waals surface area contributed by atoms with E-state index in [0.717, 1.165) is 15.8 Å². The van der Waals surface area contributed by atoms with Crippen molar-refractivity contribution < 1.29 is 22.8 Å². The van der Waals surface area contributed by atoms with E-state index in [0.29, 0.717) is 6.42 Å². The summed E-state index contributed by atoms with van der Waals surface area (Å²) in [6.45, 7) is -0.0728. The summed E-state index contributed by atoms with van der Waals surface area (Å²) in [5, 5.41) is 4.48. The summed E-state index contributed by atoms with van der Waals surface area (Å²) in [6, 6.07) is 8.31. The van der Waals surface area contributed by atoms with Gasteiger partial charge in [-0.15, -0.1) is 11.3 Å². The highest BCUT2D eigenvalue weighted by Gasteiger charge is 2.39. The number of amides is 3. The fourth-order valence-electron chi connectivity index (χ4n) is 3.20. The van der Waals surface area contributed by atoms with E-state index in [9.17, 15) is 22.8 Å². The molecular weight excluding hydrogens is 431 g/mol. The number of hydrogen-bond acceptors (Lipinski definition) is 4. The lowest BCUT2D eigenvalue weighted by Gasteiger charge is -2.31. The highest BCUT2D eigenvalue weighted by atomic mass is 32.1. The van der Waals surface area contributed by atoms with Crippen LogP contribution < -0.4 is 5.32 Å². The zero-order valence-electron chi connectivity index (χ0n) is 16.0. The SMILES string of the molecule is O=C1NC2=NC(=NCc3ccccc3C(F)(F)F)N=CC2C(=O)N1CCc1cccs1. The number of nitrogens with zero attached hydrogens (tertiary/aromatic N) is 4. The summed E-state index contributed by atoms with van der Waals surface area (Å²) in [7, 11) is 0. The number of hydrogen-bond donors (Lipinski definition) is 1. The molecule has 1 fully saturated rings. The number of thiophene rings is 1. The summed E-state index contributed by atoms with van der Waals surface area (Å²) >= 11 is 1.54. The number of carbonyl (C=O) groups is 2. The van der Waals surface area contributed by atoms with Gasteiger partial charge in [0.15, 0.2) is 0 Å². The lowest BCUT2D eigenvalue weighted by molar-refractivity contribution is -0.138. The van der Waals surface area contributed by atoms with Crippen LogP contribution in [0.3, 0.4) is 0 Å². The minimum atomic E-state index is -4.50. The maximum atomic E-state index is 13.1. The Labute approximate surface area is 179 Å². The molecule has 1 N–H and O–H groups in total. The van der Waals surface area contributed by atoms with Crippen LogP contribution in [0.15, 0.2) is 56.8 Å². The second kappa shape index (κ2) is 8.42. The molecule has 1 saturated heterocycles. The number of guanidine groups is 1. The smallest absolute Gasteiger partial charge is 0.294 e.